The van der Waals surface area contributed by atoms with Crippen molar-refractivity contribution >= 4 is 44.1 Å². The topological polar surface area (TPSA) is 66.9 Å². The molecule has 0 radical (unpaired) electrons. The molecular formula is C19H14N4OS. The van der Waals surface area contributed by atoms with Gasteiger partial charge in [-0.3, -0.25) is 4.79 Å². The molecule has 2 heterocycles. The Bertz CT molecular complexity index is 1020. The summed E-state index contributed by atoms with van der Waals surface area (Å²) in [7, 11) is 0. The highest BCUT2D eigenvalue weighted by molar-refractivity contribution is 7.22. The van der Waals surface area contributed by atoms with E-state index in [9.17, 15) is 4.79 Å². The predicted octanol–water partition coefficient (Wildman–Crippen LogP) is 4.69. The Morgan fingerprint density at radius 1 is 0.960 bits per heavy atom. The molecule has 4 aromatic rings. The molecule has 1 amide bonds. The van der Waals surface area contributed by atoms with Crippen molar-refractivity contribution in [3.05, 3.63) is 78.5 Å². The first-order chi connectivity index (χ1) is 12.3. The second kappa shape index (κ2) is 6.70. The van der Waals surface area contributed by atoms with Crippen molar-refractivity contribution < 1.29 is 4.79 Å². The van der Waals surface area contributed by atoms with E-state index in [0.29, 0.717) is 5.56 Å². The molecule has 2 N–H and O–H groups in total. The summed E-state index contributed by atoms with van der Waals surface area (Å²) >= 11 is 1.49. The zero-order valence-corrected chi connectivity index (χ0v) is 14.0. The Balaban J connectivity index is 1.56. The van der Waals surface area contributed by atoms with Gasteiger partial charge in [-0.05, 0) is 42.5 Å². The summed E-state index contributed by atoms with van der Waals surface area (Å²) in [6.07, 6.45) is 1.72. The molecule has 0 aliphatic heterocycles. The molecule has 0 saturated carbocycles. The van der Waals surface area contributed by atoms with Gasteiger partial charge < -0.3 is 10.6 Å². The van der Waals surface area contributed by atoms with Crippen LogP contribution in [0.4, 0.5) is 16.6 Å². The van der Waals surface area contributed by atoms with Gasteiger partial charge in [0.25, 0.3) is 5.91 Å². The molecule has 0 aliphatic carbocycles. The second-order valence-corrected chi connectivity index (χ2v) is 6.39. The van der Waals surface area contributed by atoms with Crippen molar-refractivity contribution in [1.82, 2.24) is 9.97 Å². The average molecular weight is 346 g/mol. The van der Waals surface area contributed by atoms with E-state index in [0.717, 1.165) is 26.9 Å². The van der Waals surface area contributed by atoms with E-state index in [4.69, 9.17) is 0 Å². The number of hydrogen-bond donors (Lipinski definition) is 2. The second-order valence-electron chi connectivity index (χ2n) is 5.36. The number of thiazole rings is 1. The van der Waals surface area contributed by atoms with E-state index in [1.807, 2.05) is 60.7 Å². The molecular weight excluding hydrogens is 332 g/mol. The molecule has 0 aliphatic rings. The van der Waals surface area contributed by atoms with Crippen LogP contribution in [0.2, 0.25) is 0 Å². The number of carbonyl (C=O) groups excluding carboxylic acids is 1. The van der Waals surface area contributed by atoms with E-state index >= 15 is 0 Å². The zero-order chi connectivity index (χ0) is 17.1. The molecule has 4 rings (SSSR count). The van der Waals surface area contributed by atoms with Gasteiger partial charge >= 0.3 is 0 Å². The van der Waals surface area contributed by atoms with Crippen LogP contribution in [0.1, 0.15) is 10.4 Å². The molecule has 0 spiro atoms. The minimum absolute atomic E-state index is 0.138. The molecule has 5 nitrogen and oxygen atoms in total. The summed E-state index contributed by atoms with van der Waals surface area (Å²) in [5.74, 6) is 0.601. The number of fused-ring (bicyclic) bond motifs is 1. The van der Waals surface area contributed by atoms with Crippen molar-refractivity contribution in [1.29, 1.82) is 0 Å². The Hall–Kier alpha value is -3.25. The van der Waals surface area contributed by atoms with Crippen LogP contribution in [0.3, 0.4) is 0 Å². The molecule has 6 heteroatoms. The largest absolute Gasteiger partial charge is 0.322 e. The summed E-state index contributed by atoms with van der Waals surface area (Å²) in [6.45, 7) is 0. The summed E-state index contributed by atoms with van der Waals surface area (Å²) in [4.78, 5) is 21.2. The lowest BCUT2D eigenvalue weighted by Gasteiger charge is -2.04. The van der Waals surface area contributed by atoms with Gasteiger partial charge in [0.2, 0.25) is 0 Å². The SMILES string of the molecule is O=C(Nc1ccccc1)c1ccc2nc(Nc3ccccn3)sc2c1. The van der Waals surface area contributed by atoms with Crippen molar-refractivity contribution in [3.63, 3.8) is 0 Å². The molecule has 2 aromatic carbocycles. The first-order valence-electron chi connectivity index (χ1n) is 7.73. The van der Waals surface area contributed by atoms with Crippen LogP contribution in [-0.4, -0.2) is 15.9 Å². The summed E-state index contributed by atoms with van der Waals surface area (Å²) < 4.78 is 0.944. The van der Waals surface area contributed by atoms with Crippen molar-refractivity contribution in [2.75, 3.05) is 10.6 Å². The number of benzene rings is 2. The molecule has 0 unspecified atom stereocenters. The molecule has 25 heavy (non-hydrogen) atoms. The first-order valence-corrected chi connectivity index (χ1v) is 8.55. The van der Waals surface area contributed by atoms with Crippen LogP contribution in [0.5, 0.6) is 0 Å². The van der Waals surface area contributed by atoms with Crippen molar-refractivity contribution in [2.45, 2.75) is 0 Å². The minimum atomic E-state index is -0.138. The third kappa shape index (κ3) is 3.49. The highest BCUT2D eigenvalue weighted by atomic mass is 32.1. The Labute approximate surface area is 148 Å². The first kappa shape index (κ1) is 15.3. The standard InChI is InChI=1S/C19H14N4OS/c24-18(21-14-6-2-1-3-7-14)13-9-10-15-16(12-13)25-19(22-15)23-17-8-4-5-11-20-17/h1-12H,(H,21,24)(H,20,22,23). The molecule has 0 fully saturated rings. The number of carbonyl (C=O) groups is 1. The number of pyridine rings is 1. The summed E-state index contributed by atoms with van der Waals surface area (Å²) in [5, 5.41) is 6.81. The minimum Gasteiger partial charge on any atom is -0.322 e. The maximum atomic E-state index is 12.4. The van der Waals surface area contributed by atoms with E-state index in [1.165, 1.54) is 11.3 Å². The van der Waals surface area contributed by atoms with E-state index in [-0.39, 0.29) is 5.91 Å². The number of hydrogen-bond acceptors (Lipinski definition) is 5. The average Bonchev–Trinajstić information content (AvgIpc) is 3.04. The van der Waals surface area contributed by atoms with E-state index in [2.05, 4.69) is 20.6 Å². The molecule has 0 bridgehead atoms. The highest BCUT2D eigenvalue weighted by Gasteiger charge is 2.10. The van der Waals surface area contributed by atoms with Gasteiger partial charge in [-0.2, -0.15) is 0 Å². The van der Waals surface area contributed by atoms with Crippen molar-refractivity contribution in [3.8, 4) is 0 Å². The van der Waals surface area contributed by atoms with E-state index < -0.39 is 0 Å². The fourth-order valence-electron chi connectivity index (χ4n) is 2.39. The van der Waals surface area contributed by atoms with Crippen LogP contribution in [0.25, 0.3) is 10.2 Å². The van der Waals surface area contributed by atoms with Gasteiger partial charge in [0.1, 0.15) is 5.82 Å². The lowest BCUT2D eigenvalue weighted by atomic mass is 10.2. The maximum Gasteiger partial charge on any atom is 0.255 e. The number of anilines is 3. The monoisotopic (exact) mass is 346 g/mol. The predicted molar refractivity (Wildman–Crippen MR) is 102 cm³/mol. The van der Waals surface area contributed by atoms with Crippen LogP contribution in [0.15, 0.2) is 72.9 Å². The van der Waals surface area contributed by atoms with Gasteiger partial charge in [-0.15, -0.1) is 0 Å². The molecule has 122 valence electrons. The third-order valence-electron chi connectivity index (χ3n) is 3.58. The fraction of sp³-hybridized carbons (Fsp3) is 0. The van der Waals surface area contributed by atoms with Crippen molar-refractivity contribution in [2.24, 2.45) is 0 Å². The number of nitrogens with zero attached hydrogens (tertiary/aromatic N) is 2. The van der Waals surface area contributed by atoms with Crippen LogP contribution in [0, 0.1) is 0 Å². The highest BCUT2D eigenvalue weighted by Crippen LogP contribution is 2.28. The summed E-state index contributed by atoms with van der Waals surface area (Å²) in [5.41, 5.74) is 2.22. The lowest BCUT2D eigenvalue weighted by molar-refractivity contribution is 0.102. The van der Waals surface area contributed by atoms with Gasteiger partial charge in [0.15, 0.2) is 5.13 Å². The Morgan fingerprint density at radius 3 is 2.60 bits per heavy atom. The number of para-hydroxylation sites is 1. The fourth-order valence-corrected chi connectivity index (χ4v) is 3.30. The number of amides is 1. The van der Waals surface area contributed by atoms with Gasteiger partial charge in [0.05, 0.1) is 10.2 Å². The molecule has 2 aromatic heterocycles. The molecule has 0 saturated heterocycles. The molecule has 0 atom stereocenters. The lowest BCUT2D eigenvalue weighted by Crippen LogP contribution is -2.11. The Kier molecular flexibility index (Phi) is 4.10. The number of rotatable bonds is 4. The smallest absolute Gasteiger partial charge is 0.255 e. The number of aromatic nitrogens is 2. The van der Waals surface area contributed by atoms with Gasteiger partial charge in [-0.1, -0.05) is 35.6 Å². The third-order valence-corrected chi connectivity index (χ3v) is 4.52. The van der Waals surface area contributed by atoms with E-state index in [1.54, 1.807) is 12.3 Å². The zero-order valence-electron chi connectivity index (χ0n) is 13.1. The normalized spacial score (nSPS) is 10.6. The number of nitrogens with one attached hydrogen (secondary N) is 2. The maximum absolute atomic E-state index is 12.4. The van der Waals surface area contributed by atoms with Crippen LogP contribution in [-0.2, 0) is 0 Å². The van der Waals surface area contributed by atoms with Gasteiger partial charge in [-0.25, -0.2) is 9.97 Å². The van der Waals surface area contributed by atoms with Gasteiger partial charge in [0, 0.05) is 17.4 Å². The van der Waals surface area contributed by atoms with Crippen LogP contribution >= 0.6 is 11.3 Å². The summed E-state index contributed by atoms with van der Waals surface area (Å²) in [6, 6.07) is 20.6. The van der Waals surface area contributed by atoms with Crippen LogP contribution < -0.4 is 10.6 Å². The Morgan fingerprint density at radius 2 is 1.80 bits per heavy atom. The quantitative estimate of drug-likeness (QED) is 0.563.